The Bertz CT molecular complexity index is 1370. The van der Waals surface area contributed by atoms with Gasteiger partial charge in [-0.05, 0) is 35.9 Å². The molecular formula is C24H16ClF2N5O. The zero-order chi connectivity index (χ0) is 22.9. The van der Waals surface area contributed by atoms with Crippen molar-refractivity contribution in [1.82, 2.24) is 14.8 Å². The number of halogens is 3. The molecule has 2 heterocycles. The fourth-order valence-corrected chi connectivity index (χ4v) is 3.92. The lowest BCUT2D eigenvalue weighted by atomic mass is 10.0. The summed E-state index contributed by atoms with van der Waals surface area (Å²) in [5, 5.41) is 10.2. The van der Waals surface area contributed by atoms with Crippen molar-refractivity contribution in [2.45, 2.75) is 6.04 Å². The van der Waals surface area contributed by atoms with Crippen molar-refractivity contribution in [3.8, 4) is 0 Å². The van der Waals surface area contributed by atoms with E-state index >= 15 is 0 Å². The molecule has 0 aliphatic carbocycles. The molecule has 3 aromatic carbocycles. The van der Waals surface area contributed by atoms with E-state index in [0.717, 1.165) is 5.56 Å². The summed E-state index contributed by atoms with van der Waals surface area (Å²) in [5.41, 5.74) is 1.59. The van der Waals surface area contributed by atoms with Crippen molar-refractivity contribution >= 4 is 35.1 Å². The maximum absolute atomic E-state index is 14.8. The van der Waals surface area contributed by atoms with Gasteiger partial charge in [-0.2, -0.15) is 4.98 Å². The normalized spacial score (nSPS) is 14.8. The number of carbonyl (C=O) groups excluding carboxylic acids is 1. The Balaban J connectivity index is 1.56. The van der Waals surface area contributed by atoms with E-state index in [1.165, 1.54) is 35.0 Å². The van der Waals surface area contributed by atoms with Gasteiger partial charge in [-0.3, -0.25) is 10.1 Å². The SMILES string of the molecule is O=C(Nc1nc2n(n1)C(c1c(F)cccc1Cl)C=C(c1ccccc1)N2)c1ccccc1F. The summed E-state index contributed by atoms with van der Waals surface area (Å²) in [5.74, 6) is -1.67. The van der Waals surface area contributed by atoms with Crippen LogP contribution in [0.15, 0.2) is 78.9 Å². The van der Waals surface area contributed by atoms with Crippen molar-refractivity contribution < 1.29 is 13.6 Å². The smallest absolute Gasteiger partial charge is 0.261 e. The van der Waals surface area contributed by atoms with E-state index in [4.69, 9.17) is 11.6 Å². The molecule has 9 heteroatoms. The van der Waals surface area contributed by atoms with Gasteiger partial charge in [-0.1, -0.05) is 60.1 Å². The number of anilines is 2. The second-order valence-electron chi connectivity index (χ2n) is 7.29. The Kier molecular flexibility index (Phi) is 5.35. The Labute approximate surface area is 192 Å². The zero-order valence-electron chi connectivity index (χ0n) is 17.0. The molecule has 0 saturated heterocycles. The number of fused-ring (bicyclic) bond motifs is 1. The van der Waals surface area contributed by atoms with Crippen molar-refractivity contribution in [3.63, 3.8) is 0 Å². The predicted octanol–water partition coefficient (Wildman–Crippen LogP) is 5.52. The van der Waals surface area contributed by atoms with E-state index in [-0.39, 0.29) is 28.0 Å². The van der Waals surface area contributed by atoms with Gasteiger partial charge in [-0.25, -0.2) is 13.5 Å². The average Bonchev–Trinajstić information content (AvgIpc) is 3.22. The summed E-state index contributed by atoms with van der Waals surface area (Å²) >= 11 is 6.35. The van der Waals surface area contributed by atoms with Gasteiger partial charge in [0.25, 0.3) is 11.9 Å². The molecule has 5 rings (SSSR count). The fraction of sp³-hybridized carbons (Fsp3) is 0.0417. The van der Waals surface area contributed by atoms with Crippen molar-refractivity contribution in [2.75, 3.05) is 10.6 Å². The van der Waals surface area contributed by atoms with E-state index < -0.39 is 23.6 Å². The molecule has 2 N–H and O–H groups in total. The summed E-state index contributed by atoms with van der Waals surface area (Å²) < 4.78 is 30.3. The monoisotopic (exact) mass is 463 g/mol. The number of nitrogens with zero attached hydrogens (tertiary/aromatic N) is 3. The number of aromatic nitrogens is 3. The number of nitrogens with one attached hydrogen (secondary N) is 2. The maximum Gasteiger partial charge on any atom is 0.261 e. The number of carbonyl (C=O) groups is 1. The maximum atomic E-state index is 14.8. The van der Waals surface area contributed by atoms with Crippen LogP contribution in [0.25, 0.3) is 5.70 Å². The van der Waals surface area contributed by atoms with Crippen LogP contribution < -0.4 is 10.6 Å². The number of hydrogen-bond acceptors (Lipinski definition) is 4. The molecule has 4 aromatic rings. The quantitative estimate of drug-likeness (QED) is 0.418. The molecule has 1 aliphatic heterocycles. The van der Waals surface area contributed by atoms with Crippen molar-refractivity contribution in [2.24, 2.45) is 0 Å². The summed E-state index contributed by atoms with van der Waals surface area (Å²) in [6.07, 6.45) is 1.78. The minimum Gasteiger partial charge on any atom is -0.324 e. The first-order chi connectivity index (χ1) is 16.0. The third-order valence-electron chi connectivity index (χ3n) is 5.19. The molecule has 1 atom stereocenters. The van der Waals surface area contributed by atoms with E-state index in [1.807, 2.05) is 30.3 Å². The second kappa shape index (κ2) is 8.48. The lowest BCUT2D eigenvalue weighted by molar-refractivity contribution is 0.102. The lowest BCUT2D eigenvalue weighted by Crippen LogP contribution is -2.21. The highest BCUT2D eigenvalue weighted by Crippen LogP contribution is 2.37. The van der Waals surface area contributed by atoms with Crippen molar-refractivity contribution in [1.29, 1.82) is 0 Å². The Hall–Kier alpha value is -4.04. The molecule has 0 saturated carbocycles. The number of hydrogen-bond donors (Lipinski definition) is 2. The molecule has 33 heavy (non-hydrogen) atoms. The van der Waals surface area contributed by atoms with E-state index in [0.29, 0.717) is 5.70 Å². The van der Waals surface area contributed by atoms with Crippen LogP contribution in [-0.2, 0) is 0 Å². The summed E-state index contributed by atoms with van der Waals surface area (Å²) in [4.78, 5) is 16.9. The highest BCUT2D eigenvalue weighted by Gasteiger charge is 2.29. The van der Waals surface area contributed by atoms with E-state index in [9.17, 15) is 13.6 Å². The topological polar surface area (TPSA) is 71.8 Å². The molecule has 0 spiro atoms. The van der Waals surface area contributed by atoms with Gasteiger partial charge in [0.2, 0.25) is 5.95 Å². The Morgan fingerprint density at radius 3 is 2.45 bits per heavy atom. The van der Waals surface area contributed by atoms with Gasteiger partial charge >= 0.3 is 0 Å². The van der Waals surface area contributed by atoms with Crippen LogP contribution in [0, 0.1) is 11.6 Å². The zero-order valence-corrected chi connectivity index (χ0v) is 17.7. The van der Waals surface area contributed by atoms with Gasteiger partial charge in [0.05, 0.1) is 5.56 Å². The molecular weight excluding hydrogens is 448 g/mol. The van der Waals surface area contributed by atoms with E-state index in [1.54, 1.807) is 18.2 Å². The highest BCUT2D eigenvalue weighted by atomic mass is 35.5. The van der Waals surface area contributed by atoms with Crippen LogP contribution in [0.2, 0.25) is 5.02 Å². The molecule has 1 aromatic heterocycles. The molecule has 0 radical (unpaired) electrons. The van der Waals surface area contributed by atoms with Crippen LogP contribution >= 0.6 is 11.6 Å². The minimum absolute atomic E-state index is 0.0640. The van der Waals surface area contributed by atoms with Gasteiger partial charge in [0.1, 0.15) is 17.7 Å². The molecule has 164 valence electrons. The minimum atomic E-state index is -0.739. The molecule has 0 bridgehead atoms. The summed E-state index contributed by atoms with van der Waals surface area (Å²) in [6, 6.07) is 18.7. The molecule has 1 unspecified atom stereocenters. The van der Waals surface area contributed by atoms with Gasteiger partial charge in [0, 0.05) is 16.3 Å². The van der Waals surface area contributed by atoms with Gasteiger partial charge < -0.3 is 5.32 Å². The number of allylic oxidation sites excluding steroid dienone is 1. The molecule has 1 aliphatic rings. The average molecular weight is 464 g/mol. The highest BCUT2D eigenvalue weighted by molar-refractivity contribution is 6.31. The predicted molar refractivity (Wildman–Crippen MR) is 122 cm³/mol. The lowest BCUT2D eigenvalue weighted by Gasteiger charge is -2.25. The van der Waals surface area contributed by atoms with Crippen LogP contribution in [0.5, 0.6) is 0 Å². The first kappa shape index (κ1) is 20.8. The number of rotatable bonds is 4. The number of benzene rings is 3. The van der Waals surface area contributed by atoms with Crippen molar-refractivity contribution in [3.05, 3.63) is 112 Å². The molecule has 1 amide bonds. The third-order valence-corrected chi connectivity index (χ3v) is 5.52. The number of amides is 1. The molecule has 6 nitrogen and oxygen atoms in total. The van der Waals surface area contributed by atoms with Crippen LogP contribution in [0.3, 0.4) is 0 Å². The summed E-state index contributed by atoms with van der Waals surface area (Å²) in [7, 11) is 0. The van der Waals surface area contributed by atoms with Gasteiger partial charge in [0.15, 0.2) is 0 Å². The van der Waals surface area contributed by atoms with Crippen LogP contribution in [-0.4, -0.2) is 20.7 Å². The van der Waals surface area contributed by atoms with Gasteiger partial charge in [-0.15, -0.1) is 5.10 Å². The largest absolute Gasteiger partial charge is 0.324 e. The van der Waals surface area contributed by atoms with Crippen LogP contribution in [0.1, 0.15) is 27.5 Å². The Morgan fingerprint density at radius 2 is 1.70 bits per heavy atom. The fourth-order valence-electron chi connectivity index (χ4n) is 3.65. The summed E-state index contributed by atoms with van der Waals surface area (Å²) in [6.45, 7) is 0. The standard InChI is InChI=1S/C24H16ClF2N5O/c25-16-10-6-12-18(27)21(16)20-13-19(14-7-2-1-3-8-14)28-24-30-23(31-32(20)24)29-22(33)15-9-4-5-11-17(15)26/h1-13,20H,(H2,28,29,30,31,33). The van der Waals surface area contributed by atoms with E-state index in [2.05, 4.69) is 20.7 Å². The first-order valence-corrected chi connectivity index (χ1v) is 10.4. The third kappa shape index (κ3) is 3.96. The first-order valence-electron chi connectivity index (χ1n) is 10.0. The molecule has 0 fully saturated rings. The second-order valence-corrected chi connectivity index (χ2v) is 7.70. The Morgan fingerprint density at radius 1 is 0.970 bits per heavy atom. The van der Waals surface area contributed by atoms with Crippen LogP contribution in [0.4, 0.5) is 20.7 Å².